The van der Waals surface area contributed by atoms with Gasteiger partial charge in [-0.3, -0.25) is 0 Å². The van der Waals surface area contributed by atoms with Gasteiger partial charge in [0.25, 0.3) is 0 Å². The van der Waals surface area contributed by atoms with E-state index >= 15 is 0 Å². The molecule has 0 aliphatic rings. The number of carbonyl (C=O) groups excluding carboxylic acids is 1. The van der Waals surface area contributed by atoms with Crippen molar-refractivity contribution in [1.29, 1.82) is 0 Å². The van der Waals surface area contributed by atoms with Crippen LogP contribution in [0.2, 0.25) is 13.3 Å². The summed E-state index contributed by atoms with van der Waals surface area (Å²) in [6.07, 6.45) is 11.1. The molecular formula is C16H32OSn. The molecule has 106 valence electrons. The summed E-state index contributed by atoms with van der Waals surface area (Å²) >= 11 is -2.34. The van der Waals surface area contributed by atoms with Crippen LogP contribution in [0.3, 0.4) is 0 Å². The van der Waals surface area contributed by atoms with E-state index in [-0.39, 0.29) is 0 Å². The van der Waals surface area contributed by atoms with Crippen molar-refractivity contribution in [3.63, 3.8) is 0 Å². The fourth-order valence-electron chi connectivity index (χ4n) is 2.85. The standard InChI is InChI=1S/C4H5O.3C4H9.Sn/c1-2-3-4-5;3*1-3-4-2;/h2,4H,1H3;3*1,3-4H2,2H3;. The molecule has 0 unspecified atom stereocenters. The summed E-state index contributed by atoms with van der Waals surface area (Å²) in [5, 5.41) is 0. The molecule has 0 saturated heterocycles. The molecular weight excluding hydrogens is 327 g/mol. The van der Waals surface area contributed by atoms with Crippen molar-refractivity contribution < 1.29 is 4.79 Å². The molecule has 0 fully saturated rings. The first-order valence-corrected chi connectivity index (χ1v) is 15.3. The Kier molecular flexibility index (Phi) is 11.2. The molecule has 1 nitrogen and oxygen atoms in total. The maximum absolute atomic E-state index is 11.5. The van der Waals surface area contributed by atoms with Gasteiger partial charge in [0, 0.05) is 0 Å². The first-order chi connectivity index (χ1) is 8.70. The van der Waals surface area contributed by atoms with Gasteiger partial charge >= 0.3 is 119 Å². The molecule has 0 spiro atoms. The summed E-state index contributed by atoms with van der Waals surface area (Å²) in [5.41, 5.74) is 0. The SMILES string of the molecule is C/C=[C](\C=O)[Sn]([CH2]CCC)([CH2]CCC)[CH2]CCC. The second kappa shape index (κ2) is 11.1. The Morgan fingerprint density at radius 2 is 1.28 bits per heavy atom. The predicted octanol–water partition coefficient (Wildman–Crippen LogP) is 5.52. The van der Waals surface area contributed by atoms with E-state index in [0.29, 0.717) is 0 Å². The van der Waals surface area contributed by atoms with Gasteiger partial charge in [-0.15, -0.1) is 0 Å². The van der Waals surface area contributed by atoms with Gasteiger partial charge in [-0.25, -0.2) is 0 Å². The molecule has 2 heteroatoms. The van der Waals surface area contributed by atoms with E-state index in [9.17, 15) is 4.79 Å². The van der Waals surface area contributed by atoms with Crippen molar-refractivity contribution in [1.82, 2.24) is 0 Å². The van der Waals surface area contributed by atoms with E-state index in [4.69, 9.17) is 0 Å². The molecule has 0 aromatic rings. The fraction of sp³-hybridized carbons (Fsp3) is 0.812. The monoisotopic (exact) mass is 360 g/mol. The van der Waals surface area contributed by atoms with Crippen molar-refractivity contribution in [2.24, 2.45) is 0 Å². The third-order valence-corrected chi connectivity index (χ3v) is 20.0. The van der Waals surface area contributed by atoms with Crippen molar-refractivity contribution in [3.8, 4) is 0 Å². The number of aldehydes is 1. The zero-order valence-electron chi connectivity index (χ0n) is 12.9. The van der Waals surface area contributed by atoms with E-state index < -0.39 is 18.4 Å². The molecule has 0 heterocycles. The number of rotatable bonds is 11. The zero-order chi connectivity index (χ0) is 13.9. The molecule has 0 aromatic heterocycles. The number of hydrogen-bond donors (Lipinski definition) is 0. The van der Waals surface area contributed by atoms with Crippen molar-refractivity contribution in [3.05, 3.63) is 9.67 Å². The number of hydrogen-bond acceptors (Lipinski definition) is 1. The predicted molar refractivity (Wildman–Crippen MR) is 84.7 cm³/mol. The molecule has 0 aromatic carbocycles. The second-order valence-corrected chi connectivity index (χ2v) is 18.7. The van der Waals surface area contributed by atoms with E-state index in [1.165, 1.54) is 61.7 Å². The van der Waals surface area contributed by atoms with Crippen LogP contribution < -0.4 is 0 Å². The minimum absolute atomic E-state index is 1.21. The Balaban J connectivity index is 5.02. The Hall–Kier alpha value is 0.209. The van der Waals surface area contributed by atoms with E-state index in [0.717, 1.165) is 0 Å². The van der Waals surface area contributed by atoms with Crippen molar-refractivity contribution in [2.45, 2.75) is 79.5 Å². The van der Waals surface area contributed by atoms with Crippen LogP contribution >= 0.6 is 0 Å². The molecule has 0 N–H and O–H groups in total. The second-order valence-electron chi connectivity index (χ2n) is 5.45. The average Bonchev–Trinajstić information content (AvgIpc) is 2.41. The summed E-state index contributed by atoms with van der Waals surface area (Å²) in [7, 11) is 0. The van der Waals surface area contributed by atoms with Gasteiger partial charge < -0.3 is 0 Å². The molecule has 0 amide bonds. The van der Waals surface area contributed by atoms with Crippen LogP contribution in [0.4, 0.5) is 0 Å². The van der Waals surface area contributed by atoms with Gasteiger partial charge in [0.1, 0.15) is 0 Å². The van der Waals surface area contributed by atoms with Gasteiger partial charge in [0.15, 0.2) is 0 Å². The van der Waals surface area contributed by atoms with E-state index in [2.05, 4.69) is 33.8 Å². The molecule has 0 aliphatic heterocycles. The van der Waals surface area contributed by atoms with Gasteiger partial charge in [-0.05, 0) is 0 Å². The molecule has 0 saturated carbocycles. The van der Waals surface area contributed by atoms with Crippen LogP contribution in [0, 0.1) is 0 Å². The molecule has 0 aliphatic carbocycles. The van der Waals surface area contributed by atoms with Gasteiger partial charge in [-0.2, -0.15) is 0 Å². The topological polar surface area (TPSA) is 17.1 Å². The zero-order valence-corrected chi connectivity index (χ0v) is 15.8. The Labute approximate surface area is 118 Å². The van der Waals surface area contributed by atoms with Crippen LogP contribution in [0.15, 0.2) is 9.67 Å². The Morgan fingerprint density at radius 3 is 1.50 bits per heavy atom. The fourth-order valence-corrected chi connectivity index (χ4v) is 18.7. The summed E-state index contributed by atoms with van der Waals surface area (Å²) in [5.74, 6) is 0. The van der Waals surface area contributed by atoms with Crippen LogP contribution in [0.1, 0.15) is 66.2 Å². The quantitative estimate of drug-likeness (QED) is 0.270. The number of carbonyl (C=O) groups is 1. The normalized spacial score (nSPS) is 12.8. The first-order valence-electron chi connectivity index (χ1n) is 7.82. The maximum atomic E-state index is 11.5. The molecule has 18 heavy (non-hydrogen) atoms. The van der Waals surface area contributed by atoms with Gasteiger partial charge in [0.2, 0.25) is 0 Å². The third kappa shape index (κ3) is 5.90. The first kappa shape index (κ1) is 18.2. The van der Waals surface area contributed by atoms with Crippen molar-refractivity contribution >= 4 is 24.7 Å². The molecule has 0 rings (SSSR count). The van der Waals surface area contributed by atoms with E-state index in [1.54, 1.807) is 0 Å². The van der Waals surface area contributed by atoms with Crippen LogP contribution in [-0.4, -0.2) is 24.7 Å². The summed E-state index contributed by atoms with van der Waals surface area (Å²) in [6, 6.07) is 0. The Morgan fingerprint density at radius 1 is 0.889 bits per heavy atom. The third-order valence-electron chi connectivity index (χ3n) is 4.08. The van der Waals surface area contributed by atoms with Crippen LogP contribution in [-0.2, 0) is 4.79 Å². The summed E-state index contributed by atoms with van der Waals surface area (Å²) in [6.45, 7) is 8.88. The van der Waals surface area contributed by atoms with Gasteiger partial charge in [-0.1, -0.05) is 0 Å². The van der Waals surface area contributed by atoms with Crippen LogP contribution in [0.5, 0.6) is 0 Å². The number of allylic oxidation sites excluding steroid dienone is 2. The van der Waals surface area contributed by atoms with Crippen molar-refractivity contribution in [2.75, 3.05) is 0 Å². The molecule has 0 radical (unpaired) electrons. The summed E-state index contributed by atoms with van der Waals surface area (Å²) < 4.78 is 5.44. The Bertz CT molecular complexity index is 224. The molecule has 0 atom stereocenters. The van der Waals surface area contributed by atoms with Gasteiger partial charge in [0.05, 0.1) is 0 Å². The van der Waals surface area contributed by atoms with Crippen LogP contribution in [0.25, 0.3) is 0 Å². The minimum atomic E-state index is -2.34. The number of unbranched alkanes of at least 4 members (excludes halogenated alkanes) is 3. The molecule has 0 bridgehead atoms. The summed E-state index contributed by atoms with van der Waals surface area (Å²) in [4.78, 5) is 11.5. The van der Waals surface area contributed by atoms with E-state index in [1.807, 2.05) is 0 Å². The average molecular weight is 359 g/mol.